The molecule has 34 heavy (non-hydrogen) atoms. The van der Waals surface area contributed by atoms with Gasteiger partial charge in [-0.05, 0) is 78.5 Å². The first-order valence-corrected chi connectivity index (χ1v) is 17.7. The Kier molecular flexibility index (Phi) is 10.9. The molecule has 192 valence electrons. The Bertz CT molecular complexity index is 847. The molecule has 0 bridgehead atoms. The molecule has 0 atom stereocenters. The monoisotopic (exact) mass is 510 g/mol. The molecule has 0 aliphatic carbocycles. The zero-order valence-corrected chi connectivity index (χ0v) is 24.0. The third-order valence-corrected chi connectivity index (χ3v) is 12.8. The number of esters is 1. The maximum absolute atomic E-state index is 12.1. The van der Waals surface area contributed by atoms with Crippen molar-refractivity contribution >= 4 is 28.6 Å². The number of aromatic carboxylic acids is 1. The van der Waals surface area contributed by atoms with E-state index in [4.69, 9.17) is 18.3 Å². The first-order chi connectivity index (χ1) is 15.5. The Morgan fingerprint density at radius 1 is 0.971 bits per heavy atom. The summed E-state index contributed by atoms with van der Waals surface area (Å²) in [4.78, 5) is 23.4. The molecule has 0 saturated heterocycles. The SMILES string of the molecule is C=CC(C)(C)O[Si](C)(C)C(C)(C)O[Si](C)(C)CCCOCCOC(=O)c1ccccc1C(=O)O. The first kappa shape index (κ1) is 30.2. The minimum absolute atomic E-state index is 0.0365. The third kappa shape index (κ3) is 9.46. The Balaban J connectivity index is 2.42. The van der Waals surface area contributed by atoms with Crippen molar-refractivity contribution in [2.24, 2.45) is 0 Å². The van der Waals surface area contributed by atoms with Gasteiger partial charge in [0.1, 0.15) is 6.61 Å². The average molecular weight is 511 g/mol. The summed E-state index contributed by atoms with van der Waals surface area (Å²) in [6.07, 6.45) is 2.67. The highest BCUT2D eigenvalue weighted by molar-refractivity contribution is 6.77. The van der Waals surface area contributed by atoms with Crippen LogP contribution in [-0.4, -0.2) is 64.3 Å². The van der Waals surface area contributed by atoms with Gasteiger partial charge in [-0.2, -0.15) is 0 Å². The summed E-state index contributed by atoms with van der Waals surface area (Å²) in [5, 5.41) is 8.82. The molecular weight excluding hydrogens is 468 g/mol. The van der Waals surface area contributed by atoms with Gasteiger partial charge in [-0.1, -0.05) is 18.2 Å². The van der Waals surface area contributed by atoms with E-state index >= 15 is 0 Å². The quantitative estimate of drug-likeness (QED) is 0.141. The highest BCUT2D eigenvalue weighted by atomic mass is 28.4. The van der Waals surface area contributed by atoms with Crippen LogP contribution in [0.25, 0.3) is 0 Å². The lowest BCUT2D eigenvalue weighted by Crippen LogP contribution is -2.60. The van der Waals surface area contributed by atoms with Crippen LogP contribution in [0.1, 0.15) is 54.8 Å². The summed E-state index contributed by atoms with van der Waals surface area (Å²) in [7, 11) is -4.16. The molecule has 1 N–H and O–H groups in total. The lowest BCUT2D eigenvalue weighted by molar-refractivity contribution is 0.0312. The Hall–Kier alpha value is -1.79. The van der Waals surface area contributed by atoms with Crippen LogP contribution in [-0.2, 0) is 18.3 Å². The van der Waals surface area contributed by atoms with E-state index in [1.807, 2.05) is 19.9 Å². The molecule has 1 aromatic carbocycles. The summed E-state index contributed by atoms with van der Waals surface area (Å²) in [6.45, 7) is 21.8. The van der Waals surface area contributed by atoms with Gasteiger partial charge in [0.05, 0.1) is 28.6 Å². The highest BCUT2D eigenvalue weighted by Gasteiger charge is 2.47. The smallest absolute Gasteiger partial charge is 0.339 e. The maximum atomic E-state index is 12.1. The number of hydrogen-bond acceptors (Lipinski definition) is 6. The molecule has 0 aromatic heterocycles. The molecule has 0 fully saturated rings. The fraction of sp³-hybridized carbons (Fsp3) is 0.600. The van der Waals surface area contributed by atoms with Crippen LogP contribution < -0.4 is 0 Å². The van der Waals surface area contributed by atoms with Crippen molar-refractivity contribution in [3.63, 3.8) is 0 Å². The lowest BCUT2D eigenvalue weighted by Gasteiger charge is -2.47. The van der Waals surface area contributed by atoms with Crippen LogP contribution >= 0.6 is 0 Å². The van der Waals surface area contributed by atoms with Gasteiger partial charge >= 0.3 is 11.9 Å². The number of rotatable bonds is 15. The van der Waals surface area contributed by atoms with Crippen LogP contribution in [0.5, 0.6) is 0 Å². The van der Waals surface area contributed by atoms with Crippen LogP contribution in [0.2, 0.25) is 32.2 Å². The molecule has 0 radical (unpaired) electrons. The summed E-state index contributed by atoms with van der Waals surface area (Å²) >= 11 is 0. The number of carbonyl (C=O) groups is 2. The first-order valence-electron chi connectivity index (χ1n) is 11.6. The molecule has 0 saturated carbocycles. The van der Waals surface area contributed by atoms with E-state index in [-0.39, 0.29) is 29.6 Å². The zero-order valence-electron chi connectivity index (χ0n) is 22.0. The number of carboxylic acids is 1. The van der Waals surface area contributed by atoms with E-state index in [1.165, 1.54) is 12.1 Å². The van der Waals surface area contributed by atoms with Gasteiger partial charge in [0.2, 0.25) is 8.32 Å². The average Bonchev–Trinajstić information content (AvgIpc) is 2.71. The van der Waals surface area contributed by atoms with Crippen molar-refractivity contribution in [3.8, 4) is 0 Å². The van der Waals surface area contributed by atoms with E-state index < -0.39 is 34.2 Å². The maximum Gasteiger partial charge on any atom is 0.339 e. The molecule has 0 amide bonds. The van der Waals surface area contributed by atoms with Crippen LogP contribution in [0.4, 0.5) is 0 Å². The summed E-state index contributed by atoms with van der Waals surface area (Å²) in [6, 6.07) is 6.91. The van der Waals surface area contributed by atoms with Gasteiger partial charge in [-0.3, -0.25) is 0 Å². The molecule has 0 spiro atoms. The molecule has 0 aliphatic heterocycles. The fourth-order valence-corrected chi connectivity index (χ4v) is 9.44. The van der Waals surface area contributed by atoms with E-state index in [1.54, 1.807) is 12.1 Å². The van der Waals surface area contributed by atoms with Crippen LogP contribution in [0.3, 0.4) is 0 Å². The van der Waals surface area contributed by atoms with Crippen LogP contribution in [0.15, 0.2) is 36.9 Å². The summed E-state index contributed by atoms with van der Waals surface area (Å²) in [5.74, 6) is -1.83. The van der Waals surface area contributed by atoms with Gasteiger partial charge in [0.15, 0.2) is 8.32 Å². The normalized spacial score (nSPS) is 12.9. The molecule has 0 unspecified atom stereocenters. The van der Waals surface area contributed by atoms with Crippen LogP contribution in [0, 0.1) is 0 Å². The van der Waals surface area contributed by atoms with E-state index in [0.717, 1.165) is 12.5 Å². The van der Waals surface area contributed by atoms with Crippen molar-refractivity contribution in [2.75, 3.05) is 19.8 Å². The predicted molar refractivity (Wildman–Crippen MR) is 139 cm³/mol. The lowest BCUT2D eigenvalue weighted by atomic mass is 10.1. The van der Waals surface area contributed by atoms with E-state index in [9.17, 15) is 14.7 Å². The second-order valence-electron chi connectivity index (χ2n) is 10.5. The minimum Gasteiger partial charge on any atom is -0.478 e. The summed E-state index contributed by atoms with van der Waals surface area (Å²) in [5.41, 5.74) is -0.433. The van der Waals surface area contributed by atoms with Gasteiger partial charge in [0.25, 0.3) is 0 Å². The Morgan fingerprint density at radius 3 is 2.12 bits per heavy atom. The molecular formula is C25H42O7Si2. The number of carbonyl (C=O) groups excluding carboxylic acids is 1. The van der Waals surface area contributed by atoms with Crippen molar-refractivity contribution in [1.29, 1.82) is 0 Å². The Morgan fingerprint density at radius 2 is 1.56 bits per heavy atom. The van der Waals surface area contributed by atoms with E-state index in [0.29, 0.717) is 6.61 Å². The fourth-order valence-electron chi connectivity index (χ4n) is 3.51. The molecule has 9 heteroatoms. The van der Waals surface area contributed by atoms with Crippen molar-refractivity contribution in [1.82, 2.24) is 0 Å². The topological polar surface area (TPSA) is 91.3 Å². The summed E-state index contributed by atoms with van der Waals surface area (Å²) < 4.78 is 23.9. The Labute approximate surface area is 206 Å². The third-order valence-electron chi connectivity index (χ3n) is 5.90. The number of ether oxygens (including phenoxy) is 2. The molecule has 0 heterocycles. The largest absolute Gasteiger partial charge is 0.478 e. The van der Waals surface area contributed by atoms with Gasteiger partial charge in [0, 0.05) is 6.61 Å². The number of hydrogen-bond donors (Lipinski definition) is 1. The second-order valence-corrected chi connectivity index (χ2v) is 19.1. The predicted octanol–water partition coefficient (Wildman–Crippen LogP) is 5.67. The standard InChI is InChI=1S/C25H42O7Si2/c1-10-24(2,3)31-34(8,9)25(4,5)32-33(6,7)19-13-16-29-17-18-30-23(28)21-15-12-11-14-20(21)22(26)27/h10-12,14-15H,1,13,16-19H2,2-9H3,(H,26,27). The zero-order chi connectivity index (χ0) is 26.2. The van der Waals surface area contributed by atoms with E-state index in [2.05, 4.69) is 46.6 Å². The molecule has 1 rings (SSSR count). The van der Waals surface area contributed by atoms with Gasteiger partial charge in [-0.25, -0.2) is 9.59 Å². The highest BCUT2D eigenvalue weighted by Crippen LogP contribution is 2.33. The molecule has 1 aromatic rings. The van der Waals surface area contributed by atoms with Crippen molar-refractivity contribution in [2.45, 2.75) is 77.2 Å². The number of carboxylic acid groups (broad SMARTS) is 1. The van der Waals surface area contributed by atoms with Crippen molar-refractivity contribution < 1.29 is 33.0 Å². The van der Waals surface area contributed by atoms with Gasteiger partial charge in [-0.15, -0.1) is 6.58 Å². The second kappa shape index (κ2) is 12.3. The minimum atomic E-state index is -2.19. The number of benzene rings is 1. The van der Waals surface area contributed by atoms with Crippen molar-refractivity contribution in [3.05, 3.63) is 48.0 Å². The molecule has 7 nitrogen and oxygen atoms in total. The van der Waals surface area contributed by atoms with Gasteiger partial charge < -0.3 is 23.4 Å². The molecule has 0 aliphatic rings.